The highest BCUT2D eigenvalue weighted by Crippen LogP contribution is 2.51. The van der Waals surface area contributed by atoms with Gasteiger partial charge in [-0.2, -0.15) is 13.2 Å². The molecule has 20 nitrogen and oxygen atoms in total. The zero-order valence-electron chi connectivity index (χ0n) is 46.2. The summed E-state index contributed by atoms with van der Waals surface area (Å²) in [6, 6.07) is 3.21. The number of nitrogens with zero attached hydrogens (tertiary/aromatic N) is 8. The molecule has 4 amide bonds. The first-order valence-electron chi connectivity index (χ1n) is 26.2. The van der Waals surface area contributed by atoms with Crippen molar-refractivity contribution in [3.63, 3.8) is 0 Å². The Bertz CT molecular complexity index is 3230. The average molecular weight is 1490 g/mol. The van der Waals surface area contributed by atoms with Gasteiger partial charge in [-0.05, 0) is 104 Å². The van der Waals surface area contributed by atoms with Crippen LogP contribution >= 0.6 is 45.3 Å². The highest BCUT2D eigenvalue weighted by Gasteiger charge is 2.54. The Hall–Kier alpha value is -5.92. The number of aldehydes is 1. The number of aromatic nitrogens is 6. The summed E-state index contributed by atoms with van der Waals surface area (Å²) >= 11 is 12.9. The van der Waals surface area contributed by atoms with Gasteiger partial charge in [-0.3, -0.25) is 33.6 Å². The molecule has 2 aliphatic heterocycles. The maximum Gasteiger partial charge on any atom is 0.446 e. The van der Waals surface area contributed by atoms with Crippen molar-refractivity contribution in [2.75, 3.05) is 54.4 Å². The molecule has 1 atom stereocenters. The van der Waals surface area contributed by atoms with Crippen molar-refractivity contribution < 1.29 is 37.1 Å². The highest BCUT2D eigenvalue weighted by atomic mass is 32.8. The molecular formula is C68H124F3N13O7S6. The molecule has 6 aromatic heterocycles. The van der Waals surface area contributed by atoms with Crippen molar-refractivity contribution in [2.24, 2.45) is 11.7 Å². The highest BCUT2D eigenvalue weighted by molar-refractivity contribution is 8.07. The minimum atomic E-state index is -4.64. The summed E-state index contributed by atoms with van der Waals surface area (Å²) in [4.78, 5) is 108. The van der Waals surface area contributed by atoms with Gasteiger partial charge < -0.3 is 45.9 Å². The molecule has 6 aromatic rings. The Morgan fingerprint density at radius 3 is 1.22 bits per heavy atom. The monoisotopic (exact) mass is 1480 g/mol. The maximum atomic E-state index is 13.3. The summed E-state index contributed by atoms with van der Waals surface area (Å²) in [7, 11) is 7.80. The lowest BCUT2D eigenvalue weighted by atomic mass is 9.97. The number of rotatable bonds is 20. The van der Waals surface area contributed by atoms with Crippen LogP contribution in [0.1, 0.15) is 245 Å². The van der Waals surface area contributed by atoms with E-state index in [9.17, 15) is 41.9 Å². The molecule has 97 heavy (non-hydrogen) atoms. The van der Waals surface area contributed by atoms with E-state index in [0.29, 0.717) is 88.7 Å². The molecule has 29 heteroatoms. The minimum Gasteiger partial charge on any atom is -0.349 e. The second-order valence-electron chi connectivity index (χ2n) is 21.2. The lowest BCUT2D eigenvalue weighted by Crippen LogP contribution is -2.31. The van der Waals surface area contributed by atoms with E-state index >= 15 is 0 Å². The lowest BCUT2D eigenvalue weighted by molar-refractivity contribution is -0.156. The van der Waals surface area contributed by atoms with Gasteiger partial charge in [-0.15, -0.1) is 45.3 Å². The van der Waals surface area contributed by atoms with Crippen molar-refractivity contribution in [1.82, 2.24) is 60.1 Å². The topological polar surface area (TPSA) is 262 Å². The molecule has 0 aromatic carbocycles. The zero-order chi connectivity index (χ0) is 59.8. The number of thiazole rings is 4. The van der Waals surface area contributed by atoms with E-state index in [-0.39, 0.29) is 170 Å². The summed E-state index contributed by atoms with van der Waals surface area (Å²) in [5, 5.41) is 22.0. The fraction of sp³-hybridized carbons (Fsp3) is 0.603. The molecule has 2 fully saturated rings. The van der Waals surface area contributed by atoms with Crippen LogP contribution in [0.2, 0.25) is 0 Å². The molecule has 2 spiro atoms. The number of hydrogen-bond donors (Lipinski definition) is 5. The number of hydrogen-bond acceptors (Lipinski definition) is 20. The zero-order valence-corrected chi connectivity index (χ0v) is 51.1. The molecule has 0 saturated heterocycles. The molecule has 0 bridgehead atoms. The van der Waals surface area contributed by atoms with Crippen LogP contribution < -0.4 is 38.1 Å². The number of amides is 4. The van der Waals surface area contributed by atoms with Crippen molar-refractivity contribution >= 4 is 97.6 Å². The summed E-state index contributed by atoms with van der Waals surface area (Å²) in [6.45, 7) is 9.36. The molecular weight excluding hydrogens is 1360 g/mol. The molecule has 0 radical (unpaired) electrons. The summed E-state index contributed by atoms with van der Waals surface area (Å²) in [5.41, 5.74) is 11.7. The normalized spacial score (nSPS) is 12.8. The number of fused-ring (bicyclic) bond motifs is 4. The quantitative estimate of drug-likeness (QED) is 0.0445. The third-order valence-corrected chi connectivity index (χ3v) is 17.1. The number of nitrogens with two attached hydrogens (primary N) is 1. The Morgan fingerprint density at radius 1 is 0.598 bits per heavy atom. The number of alkyl halides is 3. The van der Waals surface area contributed by atoms with Gasteiger partial charge >= 0.3 is 6.18 Å². The fourth-order valence-electron chi connectivity index (χ4n) is 9.24. The number of pyridine rings is 2. The number of carbonyl (C=O) groups excluding carboxylic acids is 5. The van der Waals surface area contributed by atoms with Gasteiger partial charge in [0.15, 0.2) is 0 Å². The Morgan fingerprint density at radius 2 is 0.928 bits per heavy atom. The van der Waals surface area contributed by atoms with Gasteiger partial charge in [-0.1, -0.05) is 125 Å². The maximum absolute atomic E-state index is 13.3. The van der Waals surface area contributed by atoms with Crippen LogP contribution in [-0.2, 0) is 64.2 Å². The van der Waals surface area contributed by atoms with Gasteiger partial charge in [0, 0.05) is 99.6 Å². The summed E-state index contributed by atoms with van der Waals surface area (Å²) in [5.74, 6) is -0.149. The molecule has 6 N–H and O–H groups in total. The Kier molecular flexibility index (Phi) is 53.4. The van der Waals surface area contributed by atoms with E-state index in [0.717, 1.165) is 77.7 Å². The first-order chi connectivity index (χ1) is 38.9. The molecule has 0 unspecified atom stereocenters. The molecule has 2 aliphatic carbocycles. The second-order valence-corrected chi connectivity index (χ2v) is 24.8. The van der Waals surface area contributed by atoms with E-state index in [1.54, 1.807) is 32.0 Å². The SMILES string of the molecule is C.C.C.C.C.C.C.C.C.C.C.C.C.C.C.CC(C)CCc1c2c(cc(=O)n1Cc1nc(-c3nc(C(=O)NCCN(C)C)cs3)cs1)C1(CC1)NC2=O.C[C@H](N)CCc1c2c(cc(=O)n1Cc1nc(-c3nc(C(=O)NCCN(C)C)cs3)cs1)C1(CC1)NC2=O.O=CC(F)(F)F.S=S. The molecule has 4 aliphatic rings. The fourth-order valence-corrected chi connectivity index (χ4v) is 12.4. The van der Waals surface area contributed by atoms with Gasteiger partial charge in [0.2, 0.25) is 6.29 Å². The first-order valence-corrected chi connectivity index (χ1v) is 31.1. The number of nitrogens with one attached hydrogen (secondary N) is 4. The van der Waals surface area contributed by atoms with Crippen LogP contribution in [0.5, 0.6) is 0 Å². The van der Waals surface area contributed by atoms with Crippen LogP contribution in [0.15, 0.2) is 43.2 Å². The molecule has 8 heterocycles. The van der Waals surface area contributed by atoms with Crippen molar-refractivity contribution in [3.05, 3.63) is 109 Å². The van der Waals surface area contributed by atoms with Gasteiger partial charge in [0.25, 0.3) is 34.7 Å². The van der Waals surface area contributed by atoms with E-state index in [1.165, 1.54) is 45.3 Å². The van der Waals surface area contributed by atoms with Gasteiger partial charge in [0.1, 0.15) is 42.8 Å². The third-order valence-electron chi connectivity index (χ3n) is 13.7. The minimum absolute atomic E-state index is 0. The number of carbonyl (C=O) groups is 5. The van der Waals surface area contributed by atoms with E-state index in [4.69, 9.17) is 20.5 Å². The van der Waals surface area contributed by atoms with E-state index in [2.05, 4.69) is 67.5 Å². The Labute approximate surface area is 607 Å². The number of likely N-dealkylation sites (N-methyl/N-ethyl adjacent to an activating group) is 2. The van der Waals surface area contributed by atoms with Crippen LogP contribution in [0.25, 0.3) is 21.4 Å². The number of halogens is 3. The molecule has 10 rings (SSSR count). The smallest absolute Gasteiger partial charge is 0.349 e. The first kappa shape index (κ1) is 110. The molecule has 2 saturated carbocycles. The van der Waals surface area contributed by atoms with Crippen LogP contribution in [0, 0.1) is 5.92 Å². The van der Waals surface area contributed by atoms with Crippen molar-refractivity contribution in [1.29, 1.82) is 0 Å². The predicted molar refractivity (Wildman–Crippen MR) is 418 cm³/mol. The van der Waals surface area contributed by atoms with Crippen LogP contribution in [0.4, 0.5) is 13.2 Å². The van der Waals surface area contributed by atoms with Crippen LogP contribution in [0.3, 0.4) is 0 Å². The van der Waals surface area contributed by atoms with E-state index < -0.39 is 12.5 Å². The van der Waals surface area contributed by atoms with E-state index in [1.807, 2.05) is 55.7 Å². The summed E-state index contributed by atoms with van der Waals surface area (Å²) in [6.07, 6.45) is 0.550. The van der Waals surface area contributed by atoms with Gasteiger partial charge in [0.05, 0.1) is 35.3 Å². The Balaban J connectivity index is -0.000000180. The lowest BCUT2D eigenvalue weighted by Gasteiger charge is -2.17. The molecule has 560 valence electrons. The average Bonchev–Trinajstić information content (AvgIpc) is 1.57. The van der Waals surface area contributed by atoms with Crippen molar-refractivity contribution in [2.45, 2.75) is 220 Å². The van der Waals surface area contributed by atoms with Crippen molar-refractivity contribution in [3.8, 4) is 21.4 Å². The van der Waals surface area contributed by atoms with Crippen LogP contribution in [-0.4, -0.2) is 135 Å². The third kappa shape index (κ3) is 27.6. The predicted octanol–water partition coefficient (Wildman–Crippen LogP) is 15.2. The van der Waals surface area contributed by atoms with Gasteiger partial charge in [-0.25, -0.2) is 19.9 Å². The summed E-state index contributed by atoms with van der Waals surface area (Å²) < 4.78 is 34.6. The standard InChI is InChI=1S/C26H32N6O3S2.C25H31N7O3S2.C2HF3O.15CH4.S2/c1-15(2)5-6-19-22-16(26(7-8-26)30-24(22)35)11-21(33)32(19)12-20-28-18(14-36-20)25-29-17(13-37-25)23(34)27-9-10-31(3)4;1-14(26)4-5-18-21-15(25(6-7-25)30-23(21)35)10-20(33)32(18)11-19-28-17(13-36-19)24-29-16(12-37-24)22(34)27-8-9-31(2)3;3-2(4,5)1-6;;;;;;;;;;;;;;;;1-2/h11,13-15H,5-10,12H2,1-4H3,(H,27,34)(H,30,35);10,12-14H,4-9,11,26H2,1-3H3,(H,27,34)(H,30,35);1H;15*1H4;/t;14-;;;;;;;;;;;;;;;;;/m.0................./s1. The second kappa shape index (κ2) is 47.2. The largest absolute Gasteiger partial charge is 0.446 e.